The molecule has 0 radical (unpaired) electrons. The van der Waals surface area contributed by atoms with Gasteiger partial charge in [-0.25, -0.2) is 9.87 Å². The first-order valence-electron chi connectivity index (χ1n) is 6.25. The van der Waals surface area contributed by atoms with Crippen molar-refractivity contribution in [3.63, 3.8) is 0 Å². The molecule has 5 nitrogen and oxygen atoms in total. The minimum atomic E-state index is -0.568. The Labute approximate surface area is 112 Å². The molecule has 0 saturated heterocycles. The van der Waals surface area contributed by atoms with Crippen molar-refractivity contribution in [3.05, 3.63) is 29.6 Å². The van der Waals surface area contributed by atoms with Gasteiger partial charge < -0.3 is 11.1 Å². The van der Waals surface area contributed by atoms with Crippen LogP contribution in [0.2, 0.25) is 0 Å². The predicted molar refractivity (Wildman–Crippen MR) is 71.4 cm³/mol. The van der Waals surface area contributed by atoms with E-state index in [-0.39, 0.29) is 5.82 Å². The molecule has 1 aromatic carbocycles. The Kier molecular flexibility index (Phi) is 6.24. The normalized spacial score (nSPS) is 12.0. The standard InChI is InChI=1S/C13H20FN3O2/c1-9-8-10(5-6-11(9)14)16-12(13(18)17-19)4-2-3-7-15/h5-6,8,12,16,19H,2-4,7,15H2,1H3,(H,17,18)/t12-/m1/s1. The lowest BCUT2D eigenvalue weighted by molar-refractivity contribution is -0.130. The molecule has 1 atom stereocenters. The van der Waals surface area contributed by atoms with Gasteiger partial charge in [-0.15, -0.1) is 0 Å². The van der Waals surface area contributed by atoms with Crippen LogP contribution in [0.1, 0.15) is 24.8 Å². The second kappa shape index (κ2) is 7.70. The summed E-state index contributed by atoms with van der Waals surface area (Å²) in [5.41, 5.74) is 8.17. The SMILES string of the molecule is Cc1cc(N[C@H](CCCCN)C(=O)NO)ccc1F. The number of benzene rings is 1. The second-order valence-electron chi connectivity index (χ2n) is 4.42. The number of unbranched alkanes of at least 4 members (excludes halogenated alkanes) is 1. The lowest BCUT2D eigenvalue weighted by atomic mass is 10.1. The van der Waals surface area contributed by atoms with E-state index in [0.717, 1.165) is 12.8 Å². The molecule has 0 aliphatic rings. The molecule has 0 bridgehead atoms. The van der Waals surface area contributed by atoms with Gasteiger partial charge in [0.25, 0.3) is 5.91 Å². The molecule has 0 saturated carbocycles. The third kappa shape index (κ3) is 4.84. The quantitative estimate of drug-likeness (QED) is 0.343. The third-order valence-corrected chi connectivity index (χ3v) is 2.87. The highest BCUT2D eigenvalue weighted by Gasteiger charge is 2.17. The van der Waals surface area contributed by atoms with Crippen molar-refractivity contribution in [2.24, 2.45) is 5.73 Å². The molecule has 0 heterocycles. The fourth-order valence-corrected chi connectivity index (χ4v) is 1.78. The largest absolute Gasteiger partial charge is 0.374 e. The number of hydroxylamine groups is 1. The Morgan fingerprint density at radius 2 is 2.21 bits per heavy atom. The lowest BCUT2D eigenvalue weighted by Gasteiger charge is -2.18. The van der Waals surface area contributed by atoms with Crippen molar-refractivity contribution < 1.29 is 14.4 Å². The van der Waals surface area contributed by atoms with E-state index in [1.54, 1.807) is 24.5 Å². The van der Waals surface area contributed by atoms with E-state index in [4.69, 9.17) is 10.9 Å². The zero-order valence-corrected chi connectivity index (χ0v) is 10.9. The Morgan fingerprint density at radius 1 is 1.47 bits per heavy atom. The highest BCUT2D eigenvalue weighted by molar-refractivity contribution is 5.83. The number of aryl methyl sites for hydroxylation is 1. The number of carbonyl (C=O) groups is 1. The van der Waals surface area contributed by atoms with Crippen molar-refractivity contribution in [1.29, 1.82) is 0 Å². The molecular formula is C13H20FN3O2. The minimum Gasteiger partial charge on any atom is -0.374 e. The lowest BCUT2D eigenvalue weighted by Crippen LogP contribution is -2.38. The molecular weight excluding hydrogens is 249 g/mol. The number of nitrogens with two attached hydrogens (primary N) is 1. The summed E-state index contributed by atoms with van der Waals surface area (Å²) in [7, 11) is 0. The molecule has 0 aliphatic carbocycles. The molecule has 19 heavy (non-hydrogen) atoms. The van der Waals surface area contributed by atoms with Gasteiger partial charge >= 0.3 is 0 Å². The van der Waals surface area contributed by atoms with Crippen LogP contribution in [0, 0.1) is 12.7 Å². The summed E-state index contributed by atoms with van der Waals surface area (Å²) in [6.07, 6.45) is 2.11. The van der Waals surface area contributed by atoms with Crippen molar-refractivity contribution in [2.45, 2.75) is 32.2 Å². The smallest absolute Gasteiger partial charge is 0.265 e. The fourth-order valence-electron chi connectivity index (χ4n) is 1.78. The second-order valence-corrected chi connectivity index (χ2v) is 4.42. The number of nitrogens with one attached hydrogen (secondary N) is 2. The van der Waals surface area contributed by atoms with Crippen molar-refractivity contribution in [3.8, 4) is 0 Å². The van der Waals surface area contributed by atoms with Gasteiger partial charge in [0.05, 0.1) is 0 Å². The van der Waals surface area contributed by atoms with E-state index < -0.39 is 11.9 Å². The van der Waals surface area contributed by atoms with Gasteiger partial charge in [0, 0.05) is 5.69 Å². The zero-order valence-electron chi connectivity index (χ0n) is 10.9. The summed E-state index contributed by atoms with van der Waals surface area (Å²) in [5, 5.41) is 11.7. The van der Waals surface area contributed by atoms with Crippen LogP contribution in [0.3, 0.4) is 0 Å². The van der Waals surface area contributed by atoms with Crippen LogP contribution in [-0.2, 0) is 4.79 Å². The maximum atomic E-state index is 13.1. The van der Waals surface area contributed by atoms with E-state index >= 15 is 0 Å². The van der Waals surface area contributed by atoms with E-state index in [1.165, 1.54) is 6.07 Å². The van der Waals surface area contributed by atoms with Gasteiger partial charge in [-0.2, -0.15) is 0 Å². The first-order valence-corrected chi connectivity index (χ1v) is 6.25. The molecule has 0 unspecified atom stereocenters. The number of hydrogen-bond acceptors (Lipinski definition) is 4. The molecule has 6 heteroatoms. The van der Waals surface area contributed by atoms with Gasteiger partial charge in [0.1, 0.15) is 11.9 Å². The van der Waals surface area contributed by atoms with E-state index in [0.29, 0.717) is 24.2 Å². The van der Waals surface area contributed by atoms with Crippen LogP contribution in [0.4, 0.5) is 10.1 Å². The Morgan fingerprint density at radius 3 is 2.79 bits per heavy atom. The van der Waals surface area contributed by atoms with Crippen LogP contribution in [0.5, 0.6) is 0 Å². The number of halogens is 1. The highest BCUT2D eigenvalue weighted by Crippen LogP contribution is 2.16. The number of amides is 1. The maximum absolute atomic E-state index is 13.1. The van der Waals surface area contributed by atoms with Gasteiger partial charge in [0.2, 0.25) is 0 Å². The van der Waals surface area contributed by atoms with Crippen LogP contribution in [0.25, 0.3) is 0 Å². The Hall–Kier alpha value is -1.66. The average Bonchev–Trinajstić information content (AvgIpc) is 2.41. The van der Waals surface area contributed by atoms with Gasteiger partial charge in [-0.1, -0.05) is 0 Å². The van der Waals surface area contributed by atoms with Crippen molar-refractivity contribution >= 4 is 11.6 Å². The van der Waals surface area contributed by atoms with Crippen LogP contribution in [-0.4, -0.2) is 23.7 Å². The topological polar surface area (TPSA) is 87.4 Å². The fraction of sp³-hybridized carbons (Fsp3) is 0.462. The number of carbonyl (C=O) groups excluding carboxylic acids is 1. The number of anilines is 1. The summed E-state index contributed by atoms with van der Waals surface area (Å²) in [6.45, 7) is 2.21. The molecule has 0 aliphatic heterocycles. The van der Waals surface area contributed by atoms with Crippen molar-refractivity contribution in [2.75, 3.05) is 11.9 Å². The molecule has 0 spiro atoms. The Balaban J connectivity index is 2.69. The summed E-state index contributed by atoms with van der Waals surface area (Å²) in [4.78, 5) is 11.5. The summed E-state index contributed by atoms with van der Waals surface area (Å²) in [6, 6.07) is 3.95. The Bertz CT molecular complexity index is 426. The maximum Gasteiger partial charge on any atom is 0.265 e. The molecule has 0 fully saturated rings. The molecule has 106 valence electrons. The molecule has 0 aromatic heterocycles. The first kappa shape index (κ1) is 15.4. The molecule has 1 amide bonds. The predicted octanol–water partition coefficient (Wildman–Crippen LogP) is 1.55. The van der Waals surface area contributed by atoms with E-state index in [9.17, 15) is 9.18 Å². The van der Waals surface area contributed by atoms with Gasteiger partial charge in [-0.05, 0) is 56.5 Å². The van der Waals surface area contributed by atoms with E-state index in [2.05, 4.69) is 5.32 Å². The molecule has 1 aromatic rings. The van der Waals surface area contributed by atoms with Crippen LogP contribution in [0.15, 0.2) is 18.2 Å². The van der Waals surface area contributed by atoms with E-state index in [1.807, 2.05) is 0 Å². The van der Waals surface area contributed by atoms with Crippen molar-refractivity contribution in [1.82, 2.24) is 5.48 Å². The minimum absolute atomic E-state index is 0.295. The summed E-state index contributed by atoms with van der Waals surface area (Å²) >= 11 is 0. The van der Waals surface area contributed by atoms with Gasteiger partial charge in [0.15, 0.2) is 0 Å². The third-order valence-electron chi connectivity index (χ3n) is 2.87. The first-order chi connectivity index (χ1) is 9.08. The number of hydrogen-bond donors (Lipinski definition) is 4. The van der Waals surface area contributed by atoms with Crippen LogP contribution < -0.4 is 16.5 Å². The summed E-state index contributed by atoms with van der Waals surface area (Å²) in [5.74, 6) is -0.809. The number of rotatable bonds is 7. The van der Waals surface area contributed by atoms with Gasteiger partial charge in [-0.3, -0.25) is 10.0 Å². The molecule has 5 N–H and O–H groups in total. The highest BCUT2D eigenvalue weighted by atomic mass is 19.1. The zero-order chi connectivity index (χ0) is 14.3. The monoisotopic (exact) mass is 269 g/mol. The average molecular weight is 269 g/mol. The van der Waals surface area contributed by atoms with Crippen LogP contribution >= 0.6 is 0 Å². The summed E-state index contributed by atoms with van der Waals surface area (Å²) < 4.78 is 13.1. The molecule has 1 rings (SSSR count).